The van der Waals surface area contributed by atoms with E-state index in [-0.39, 0.29) is 30.0 Å². The zero-order chi connectivity index (χ0) is 23.3. The lowest BCUT2D eigenvalue weighted by Gasteiger charge is -2.25. The van der Waals surface area contributed by atoms with Gasteiger partial charge in [-0.2, -0.15) is 0 Å². The highest BCUT2D eigenvalue weighted by molar-refractivity contribution is 6.46. The number of ether oxygens (including phenoxy) is 4. The van der Waals surface area contributed by atoms with Gasteiger partial charge in [0.2, 0.25) is 0 Å². The fraction of sp³-hybridized carbons (Fsp3) is 0.333. The summed E-state index contributed by atoms with van der Waals surface area (Å²) in [5.74, 6) is -0.427. The summed E-state index contributed by atoms with van der Waals surface area (Å²) in [6.45, 7) is 2.74. The Bertz CT molecular complexity index is 1030. The van der Waals surface area contributed by atoms with Crippen molar-refractivity contribution < 1.29 is 33.6 Å². The van der Waals surface area contributed by atoms with E-state index in [1.165, 1.54) is 26.2 Å². The molecule has 1 aliphatic heterocycles. The lowest BCUT2D eigenvalue weighted by atomic mass is 9.94. The van der Waals surface area contributed by atoms with Crippen molar-refractivity contribution in [2.45, 2.75) is 13.0 Å². The molecule has 170 valence electrons. The van der Waals surface area contributed by atoms with Gasteiger partial charge < -0.3 is 29.0 Å². The van der Waals surface area contributed by atoms with Crippen molar-refractivity contribution in [3.8, 4) is 17.2 Å². The minimum absolute atomic E-state index is 0.0358. The number of nitrogens with zero attached hydrogens (tertiary/aromatic N) is 1. The number of carbonyl (C=O) groups excluding carboxylic acids is 2. The zero-order valence-corrected chi connectivity index (χ0v) is 18.6. The summed E-state index contributed by atoms with van der Waals surface area (Å²) in [5, 5.41) is 11.3. The summed E-state index contributed by atoms with van der Waals surface area (Å²) >= 11 is 0. The molecule has 1 saturated heterocycles. The predicted octanol–water partition coefficient (Wildman–Crippen LogP) is 3.17. The van der Waals surface area contributed by atoms with Crippen LogP contribution >= 0.6 is 0 Å². The van der Waals surface area contributed by atoms with E-state index >= 15 is 0 Å². The first-order chi connectivity index (χ1) is 15.5. The fourth-order valence-corrected chi connectivity index (χ4v) is 3.73. The Kier molecular flexibility index (Phi) is 7.37. The van der Waals surface area contributed by atoms with Crippen molar-refractivity contribution in [1.82, 2.24) is 4.90 Å². The smallest absolute Gasteiger partial charge is 0.295 e. The first-order valence-electron chi connectivity index (χ1n) is 10.2. The lowest BCUT2D eigenvalue weighted by Crippen LogP contribution is -2.32. The van der Waals surface area contributed by atoms with Gasteiger partial charge in [0.05, 0.1) is 44.6 Å². The molecule has 1 amide bonds. The van der Waals surface area contributed by atoms with Crippen LogP contribution in [0.15, 0.2) is 48.0 Å². The quantitative estimate of drug-likeness (QED) is 0.363. The predicted molar refractivity (Wildman–Crippen MR) is 118 cm³/mol. The van der Waals surface area contributed by atoms with Gasteiger partial charge in [0.1, 0.15) is 23.0 Å². The Morgan fingerprint density at radius 1 is 1.03 bits per heavy atom. The van der Waals surface area contributed by atoms with Crippen LogP contribution in [0, 0.1) is 0 Å². The standard InChI is InChI=1S/C24H27NO7/c1-5-32-17-8-6-7-15(13-17)21-20(23(27)24(28)25(21)11-12-29-2)22(26)18-14-16(30-3)9-10-19(18)31-4/h6-10,13-14,21,26H,5,11-12H2,1-4H3/b22-20+. The minimum atomic E-state index is -0.818. The molecular formula is C24H27NO7. The molecule has 8 heteroatoms. The summed E-state index contributed by atoms with van der Waals surface area (Å²) in [4.78, 5) is 27.4. The molecule has 1 aliphatic rings. The van der Waals surface area contributed by atoms with Gasteiger partial charge >= 0.3 is 0 Å². The lowest BCUT2D eigenvalue weighted by molar-refractivity contribution is -0.140. The van der Waals surface area contributed by atoms with Crippen LogP contribution < -0.4 is 14.2 Å². The highest BCUT2D eigenvalue weighted by Gasteiger charge is 2.46. The Morgan fingerprint density at radius 3 is 2.47 bits per heavy atom. The first kappa shape index (κ1) is 23.1. The highest BCUT2D eigenvalue weighted by Crippen LogP contribution is 2.42. The number of carbonyl (C=O) groups is 2. The molecule has 0 aromatic heterocycles. The molecule has 0 bridgehead atoms. The van der Waals surface area contributed by atoms with Crippen LogP contribution in [-0.4, -0.2) is 62.8 Å². The largest absolute Gasteiger partial charge is 0.507 e. The average Bonchev–Trinajstić information content (AvgIpc) is 3.07. The number of aliphatic hydroxyl groups excluding tert-OH is 1. The van der Waals surface area contributed by atoms with Gasteiger partial charge in [-0.3, -0.25) is 9.59 Å². The Labute approximate surface area is 187 Å². The zero-order valence-electron chi connectivity index (χ0n) is 18.6. The van der Waals surface area contributed by atoms with Crippen molar-refractivity contribution in [2.24, 2.45) is 0 Å². The maximum atomic E-state index is 13.1. The average molecular weight is 441 g/mol. The summed E-state index contributed by atoms with van der Waals surface area (Å²) in [6, 6.07) is 11.2. The molecule has 2 aromatic rings. The van der Waals surface area contributed by atoms with Gasteiger partial charge in [-0.05, 0) is 42.8 Å². The van der Waals surface area contributed by atoms with Crippen LogP contribution in [0.3, 0.4) is 0 Å². The molecule has 32 heavy (non-hydrogen) atoms. The number of aliphatic hydroxyl groups is 1. The van der Waals surface area contributed by atoms with Crippen LogP contribution in [0.1, 0.15) is 24.1 Å². The third-order valence-corrected chi connectivity index (χ3v) is 5.22. The maximum absolute atomic E-state index is 13.1. The van der Waals surface area contributed by atoms with Crippen molar-refractivity contribution in [3.05, 3.63) is 59.2 Å². The number of amides is 1. The molecule has 1 fully saturated rings. The Morgan fingerprint density at radius 2 is 1.81 bits per heavy atom. The summed E-state index contributed by atoms with van der Waals surface area (Å²) in [6.07, 6.45) is 0. The van der Waals surface area contributed by atoms with Crippen LogP contribution in [-0.2, 0) is 14.3 Å². The van der Waals surface area contributed by atoms with E-state index in [4.69, 9.17) is 18.9 Å². The van der Waals surface area contributed by atoms with Crippen molar-refractivity contribution in [2.75, 3.05) is 41.1 Å². The molecule has 0 aliphatic carbocycles. The number of rotatable bonds is 9. The van der Waals surface area contributed by atoms with Gasteiger partial charge in [0, 0.05) is 13.7 Å². The number of benzene rings is 2. The molecule has 0 spiro atoms. The molecule has 1 N–H and O–H groups in total. The summed E-state index contributed by atoms with van der Waals surface area (Å²) < 4.78 is 21.4. The molecule has 0 radical (unpaired) electrons. The first-order valence-corrected chi connectivity index (χ1v) is 10.2. The second-order valence-electron chi connectivity index (χ2n) is 7.06. The van der Waals surface area contributed by atoms with E-state index in [9.17, 15) is 14.7 Å². The Balaban J connectivity index is 2.22. The fourth-order valence-electron chi connectivity index (χ4n) is 3.73. The third-order valence-electron chi connectivity index (χ3n) is 5.22. The van der Waals surface area contributed by atoms with E-state index in [0.29, 0.717) is 29.4 Å². The van der Waals surface area contributed by atoms with Crippen molar-refractivity contribution in [3.63, 3.8) is 0 Å². The van der Waals surface area contributed by atoms with Crippen molar-refractivity contribution >= 4 is 17.4 Å². The third kappa shape index (κ3) is 4.40. The molecule has 1 unspecified atom stereocenters. The molecular weight excluding hydrogens is 414 g/mol. The van der Waals surface area contributed by atoms with Crippen molar-refractivity contribution in [1.29, 1.82) is 0 Å². The number of hydrogen-bond acceptors (Lipinski definition) is 7. The second kappa shape index (κ2) is 10.2. The van der Waals surface area contributed by atoms with Gasteiger partial charge in [-0.25, -0.2) is 0 Å². The summed E-state index contributed by atoms with van der Waals surface area (Å²) in [7, 11) is 4.47. The van der Waals surface area contributed by atoms with Gasteiger partial charge in [0.15, 0.2) is 0 Å². The van der Waals surface area contributed by atoms with Gasteiger partial charge in [-0.15, -0.1) is 0 Å². The monoisotopic (exact) mass is 441 g/mol. The van der Waals surface area contributed by atoms with Crippen LogP contribution in [0.5, 0.6) is 17.2 Å². The van der Waals surface area contributed by atoms with E-state index in [1.54, 1.807) is 42.5 Å². The minimum Gasteiger partial charge on any atom is -0.507 e. The molecule has 8 nitrogen and oxygen atoms in total. The number of ketones is 1. The number of Topliss-reactive ketones (excluding diaryl/α,β-unsaturated/α-hetero) is 1. The molecule has 0 saturated carbocycles. The van der Waals surface area contributed by atoms with E-state index in [2.05, 4.69) is 0 Å². The van der Waals surface area contributed by atoms with Gasteiger partial charge in [-0.1, -0.05) is 12.1 Å². The van der Waals surface area contributed by atoms with Gasteiger partial charge in [0.25, 0.3) is 11.7 Å². The number of hydrogen-bond donors (Lipinski definition) is 1. The van der Waals surface area contributed by atoms with Crippen LogP contribution in [0.25, 0.3) is 5.76 Å². The molecule has 1 heterocycles. The SMILES string of the molecule is CCOc1cccc(C2/C(=C(\O)c3cc(OC)ccc3OC)C(=O)C(=O)N2CCOC)c1. The maximum Gasteiger partial charge on any atom is 0.295 e. The Hall–Kier alpha value is -3.52. The normalized spacial score (nSPS) is 17.5. The number of methoxy groups -OCH3 is 3. The van der Waals surface area contributed by atoms with Crippen LogP contribution in [0.2, 0.25) is 0 Å². The highest BCUT2D eigenvalue weighted by atomic mass is 16.5. The molecule has 2 aromatic carbocycles. The second-order valence-corrected chi connectivity index (χ2v) is 7.06. The van der Waals surface area contributed by atoms with E-state index in [0.717, 1.165) is 0 Å². The molecule has 1 atom stereocenters. The molecule has 3 rings (SSSR count). The summed E-state index contributed by atoms with van der Waals surface area (Å²) in [5.41, 5.74) is 0.850. The van der Waals surface area contributed by atoms with E-state index < -0.39 is 17.7 Å². The topological polar surface area (TPSA) is 94.5 Å². The van der Waals surface area contributed by atoms with E-state index in [1.807, 2.05) is 6.92 Å². The number of likely N-dealkylation sites (tertiary alicyclic amines) is 1. The van der Waals surface area contributed by atoms with Crippen LogP contribution in [0.4, 0.5) is 0 Å².